The van der Waals surface area contributed by atoms with Crippen molar-refractivity contribution >= 4 is 29.0 Å². The largest absolute Gasteiger partial charge is 0.325 e. The first-order valence-electron chi connectivity index (χ1n) is 8.80. The fourth-order valence-electron chi connectivity index (χ4n) is 2.71. The fourth-order valence-corrected chi connectivity index (χ4v) is 3.53. The number of carbonyl (C=O) groups excluding carboxylic acids is 1. The van der Waals surface area contributed by atoms with Crippen molar-refractivity contribution in [1.29, 1.82) is 0 Å². The van der Waals surface area contributed by atoms with Crippen molar-refractivity contribution in [1.82, 2.24) is 14.8 Å². The number of nitro benzene ring substituents is 1. The third-order valence-electron chi connectivity index (χ3n) is 4.07. The zero-order chi connectivity index (χ0) is 20.8. The van der Waals surface area contributed by atoms with Gasteiger partial charge in [-0.15, -0.1) is 10.2 Å². The monoisotopic (exact) mass is 415 g/mol. The van der Waals surface area contributed by atoms with Gasteiger partial charge in [-0.1, -0.05) is 42.1 Å². The van der Waals surface area contributed by atoms with E-state index in [4.69, 9.17) is 0 Å². The van der Waals surface area contributed by atoms with Crippen molar-refractivity contribution in [2.75, 3.05) is 11.1 Å². The van der Waals surface area contributed by atoms with E-state index < -0.39 is 16.4 Å². The second-order valence-corrected chi connectivity index (χ2v) is 7.01. The molecule has 0 aliphatic rings. The van der Waals surface area contributed by atoms with E-state index in [-0.39, 0.29) is 17.3 Å². The van der Waals surface area contributed by atoms with Crippen LogP contribution < -0.4 is 5.32 Å². The number of halogens is 1. The summed E-state index contributed by atoms with van der Waals surface area (Å²) < 4.78 is 15.3. The molecule has 0 aliphatic heterocycles. The number of hydrogen-bond donors (Lipinski definition) is 1. The topological polar surface area (TPSA) is 103 Å². The molecule has 0 spiro atoms. The van der Waals surface area contributed by atoms with Gasteiger partial charge in [0.2, 0.25) is 11.7 Å². The van der Waals surface area contributed by atoms with Gasteiger partial charge in [0.1, 0.15) is 5.82 Å². The minimum atomic E-state index is -0.954. The lowest BCUT2D eigenvalue weighted by atomic mass is 10.1. The highest BCUT2D eigenvalue weighted by molar-refractivity contribution is 7.99. The fraction of sp³-hybridized carbons (Fsp3) is 0.211. The van der Waals surface area contributed by atoms with Crippen LogP contribution >= 0.6 is 11.8 Å². The highest BCUT2D eigenvalue weighted by Crippen LogP contribution is 2.23. The molecule has 2 aromatic carbocycles. The number of carbonyl (C=O) groups is 1. The molecular weight excluding hydrogens is 397 g/mol. The molecule has 1 heterocycles. The van der Waals surface area contributed by atoms with E-state index >= 15 is 0 Å². The lowest BCUT2D eigenvalue weighted by molar-refractivity contribution is -0.387. The number of benzene rings is 2. The lowest BCUT2D eigenvalue weighted by Crippen LogP contribution is -2.15. The summed E-state index contributed by atoms with van der Waals surface area (Å²) >= 11 is 1.21. The average Bonchev–Trinajstić information content (AvgIpc) is 3.10. The first-order valence-corrected chi connectivity index (χ1v) is 9.79. The molecule has 1 aromatic heterocycles. The van der Waals surface area contributed by atoms with Gasteiger partial charge in [0.05, 0.1) is 10.7 Å². The summed E-state index contributed by atoms with van der Waals surface area (Å²) in [6.45, 7) is 2.63. The molecule has 0 fully saturated rings. The van der Waals surface area contributed by atoms with Crippen molar-refractivity contribution in [3.05, 3.63) is 75.9 Å². The van der Waals surface area contributed by atoms with Crippen LogP contribution in [0.1, 0.15) is 18.3 Å². The Labute approximate surface area is 170 Å². The van der Waals surface area contributed by atoms with Crippen molar-refractivity contribution in [2.24, 2.45) is 0 Å². The van der Waals surface area contributed by atoms with Crippen molar-refractivity contribution in [2.45, 2.75) is 25.0 Å². The highest BCUT2D eigenvalue weighted by Gasteiger charge is 2.17. The Bertz CT molecular complexity index is 1030. The first-order chi connectivity index (χ1) is 14.0. The molecule has 0 saturated heterocycles. The van der Waals surface area contributed by atoms with E-state index in [1.807, 2.05) is 41.8 Å². The summed E-state index contributed by atoms with van der Waals surface area (Å²) in [6, 6.07) is 13.1. The van der Waals surface area contributed by atoms with Gasteiger partial charge < -0.3 is 9.88 Å². The molecule has 1 N–H and O–H groups in total. The number of amides is 1. The molecule has 0 aliphatic carbocycles. The van der Waals surface area contributed by atoms with Gasteiger partial charge in [-0.25, -0.2) is 0 Å². The molecule has 0 unspecified atom stereocenters. The normalized spacial score (nSPS) is 10.7. The van der Waals surface area contributed by atoms with Crippen LogP contribution in [0.4, 0.5) is 15.8 Å². The summed E-state index contributed by atoms with van der Waals surface area (Å²) in [5.74, 6) is -0.499. The molecule has 150 valence electrons. The standard InChI is InChI=1S/C19H18FN5O3S/c1-2-24-17(10-13-6-4-3-5-7-13)22-23-19(24)29-12-18(26)21-14-8-9-15(20)16(11-14)25(27)28/h3-9,11H,2,10,12H2,1H3,(H,21,26). The van der Waals surface area contributed by atoms with Gasteiger partial charge >= 0.3 is 5.69 Å². The van der Waals surface area contributed by atoms with Crippen LogP contribution in [0, 0.1) is 15.9 Å². The molecule has 0 bridgehead atoms. The summed E-state index contributed by atoms with van der Waals surface area (Å²) in [5.41, 5.74) is 0.582. The molecule has 8 nitrogen and oxygen atoms in total. The van der Waals surface area contributed by atoms with Gasteiger partial charge in [-0.05, 0) is 24.6 Å². The predicted octanol–water partition coefficient (Wildman–Crippen LogP) is 3.67. The van der Waals surface area contributed by atoms with Crippen LogP contribution in [-0.2, 0) is 17.8 Å². The smallest absolute Gasteiger partial charge is 0.306 e. The molecule has 0 saturated carbocycles. The second kappa shape index (κ2) is 9.28. The molecule has 1 amide bonds. The minimum absolute atomic E-state index is 0.0364. The summed E-state index contributed by atoms with van der Waals surface area (Å²) in [6.07, 6.45) is 0.633. The van der Waals surface area contributed by atoms with Crippen LogP contribution in [0.5, 0.6) is 0 Å². The van der Waals surface area contributed by atoms with Crippen molar-refractivity contribution in [3.63, 3.8) is 0 Å². The maximum atomic E-state index is 13.4. The molecule has 3 aromatic rings. The Morgan fingerprint density at radius 3 is 2.69 bits per heavy atom. The van der Waals surface area contributed by atoms with Gasteiger partial charge in [-0.3, -0.25) is 14.9 Å². The van der Waals surface area contributed by atoms with Gasteiger partial charge in [0.25, 0.3) is 0 Å². The Balaban J connectivity index is 1.63. The Morgan fingerprint density at radius 2 is 2.00 bits per heavy atom. The zero-order valence-corrected chi connectivity index (χ0v) is 16.4. The second-order valence-electron chi connectivity index (χ2n) is 6.07. The SMILES string of the molecule is CCn1c(Cc2ccccc2)nnc1SCC(=O)Nc1ccc(F)c([N+](=O)[O-])c1. The zero-order valence-electron chi connectivity index (χ0n) is 15.5. The quantitative estimate of drug-likeness (QED) is 0.342. The maximum absolute atomic E-state index is 13.4. The number of rotatable bonds is 8. The lowest BCUT2D eigenvalue weighted by Gasteiger charge is -2.08. The number of aromatic nitrogens is 3. The minimum Gasteiger partial charge on any atom is -0.325 e. The summed E-state index contributed by atoms with van der Waals surface area (Å²) in [5, 5.41) is 22.3. The third kappa shape index (κ3) is 5.17. The van der Waals surface area contributed by atoms with E-state index in [2.05, 4.69) is 15.5 Å². The average molecular weight is 415 g/mol. The molecular formula is C19H18FN5O3S. The first kappa shape index (κ1) is 20.5. The molecule has 10 heteroatoms. The number of nitrogens with zero attached hydrogens (tertiary/aromatic N) is 4. The van der Waals surface area contributed by atoms with Crippen molar-refractivity contribution < 1.29 is 14.1 Å². The van der Waals surface area contributed by atoms with Crippen LogP contribution in [-0.4, -0.2) is 31.3 Å². The Hall–Kier alpha value is -3.27. The summed E-state index contributed by atoms with van der Waals surface area (Å²) in [7, 11) is 0. The number of hydrogen-bond acceptors (Lipinski definition) is 6. The highest BCUT2D eigenvalue weighted by atomic mass is 32.2. The number of thioether (sulfide) groups is 1. The van der Waals surface area contributed by atoms with Crippen LogP contribution in [0.3, 0.4) is 0 Å². The number of nitrogens with one attached hydrogen (secondary N) is 1. The third-order valence-corrected chi connectivity index (χ3v) is 5.04. The molecule has 0 atom stereocenters. The number of nitro groups is 1. The van der Waals surface area contributed by atoms with Gasteiger partial charge in [0.15, 0.2) is 5.16 Å². The van der Waals surface area contributed by atoms with Gasteiger partial charge in [-0.2, -0.15) is 4.39 Å². The summed E-state index contributed by atoms with van der Waals surface area (Å²) in [4.78, 5) is 22.2. The number of anilines is 1. The van der Waals surface area contributed by atoms with E-state index in [1.54, 1.807) is 0 Å². The molecule has 0 radical (unpaired) electrons. The van der Waals surface area contributed by atoms with E-state index in [1.165, 1.54) is 17.8 Å². The van der Waals surface area contributed by atoms with Crippen LogP contribution in [0.2, 0.25) is 0 Å². The molecule has 3 rings (SSSR count). The van der Waals surface area contributed by atoms with Crippen LogP contribution in [0.15, 0.2) is 53.7 Å². The Kier molecular flexibility index (Phi) is 6.55. The van der Waals surface area contributed by atoms with E-state index in [9.17, 15) is 19.3 Å². The van der Waals surface area contributed by atoms with Gasteiger partial charge in [0, 0.05) is 24.7 Å². The Morgan fingerprint density at radius 1 is 1.24 bits per heavy atom. The molecule has 29 heavy (non-hydrogen) atoms. The maximum Gasteiger partial charge on any atom is 0.306 e. The van der Waals surface area contributed by atoms with Crippen LogP contribution in [0.25, 0.3) is 0 Å². The van der Waals surface area contributed by atoms with E-state index in [0.717, 1.165) is 23.5 Å². The van der Waals surface area contributed by atoms with Crippen molar-refractivity contribution in [3.8, 4) is 0 Å². The van der Waals surface area contributed by atoms with E-state index in [0.29, 0.717) is 18.1 Å². The predicted molar refractivity (Wildman–Crippen MR) is 107 cm³/mol.